The predicted octanol–water partition coefficient (Wildman–Crippen LogP) is 3.01. The van der Waals surface area contributed by atoms with Crippen molar-refractivity contribution in [3.63, 3.8) is 0 Å². The van der Waals surface area contributed by atoms with Gasteiger partial charge in [-0.1, -0.05) is 30.3 Å². The summed E-state index contributed by atoms with van der Waals surface area (Å²) in [5.74, 6) is -1.60. The molecule has 2 aromatic carbocycles. The van der Waals surface area contributed by atoms with Crippen molar-refractivity contribution >= 4 is 22.6 Å². The Balaban J connectivity index is 2.25. The summed E-state index contributed by atoms with van der Waals surface area (Å²) in [6.07, 6.45) is 1.20. The highest BCUT2D eigenvalue weighted by Crippen LogP contribution is 2.26. The van der Waals surface area contributed by atoms with Gasteiger partial charge in [0.15, 0.2) is 5.43 Å². The van der Waals surface area contributed by atoms with Crippen LogP contribution in [0, 0.1) is 10.1 Å². The van der Waals surface area contributed by atoms with Crippen LogP contribution in [0.25, 0.3) is 11.0 Å². The summed E-state index contributed by atoms with van der Waals surface area (Å²) in [6, 6.07) is 12.4. The van der Waals surface area contributed by atoms with E-state index in [0.717, 1.165) is 6.07 Å². The molecule has 7 nitrogen and oxygen atoms in total. The Bertz CT molecular complexity index is 1010. The number of hydrogen-bond acceptors (Lipinski definition) is 6. The first kappa shape index (κ1) is 16.4. The van der Waals surface area contributed by atoms with Crippen molar-refractivity contribution in [1.82, 2.24) is 0 Å². The van der Waals surface area contributed by atoms with Gasteiger partial charge >= 0.3 is 5.97 Å². The molecule has 0 fully saturated rings. The number of nitrogens with zero attached hydrogens (tertiary/aromatic N) is 1. The maximum Gasteiger partial charge on any atom is 0.317 e. The van der Waals surface area contributed by atoms with Gasteiger partial charge in [0, 0.05) is 12.1 Å². The third-order valence-corrected chi connectivity index (χ3v) is 3.87. The van der Waals surface area contributed by atoms with Gasteiger partial charge in [0.05, 0.1) is 29.2 Å². The molecule has 1 heterocycles. The lowest BCUT2D eigenvalue weighted by Gasteiger charge is -2.14. The molecule has 25 heavy (non-hydrogen) atoms. The molecule has 0 spiro atoms. The van der Waals surface area contributed by atoms with Gasteiger partial charge in [0.25, 0.3) is 5.69 Å². The van der Waals surface area contributed by atoms with E-state index in [0.29, 0.717) is 5.56 Å². The van der Waals surface area contributed by atoms with Crippen molar-refractivity contribution in [1.29, 1.82) is 0 Å². The fraction of sp³-hybridized carbons (Fsp3) is 0.111. The maximum atomic E-state index is 12.8. The minimum atomic E-state index is -0.980. The third kappa shape index (κ3) is 2.99. The van der Waals surface area contributed by atoms with Gasteiger partial charge < -0.3 is 9.15 Å². The Labute approximate surface area is 141 Å². The summed E-state index contributed by atoms with van der Waals surface area (Å²) in [7, 11) is 1.23. The minimum absolute atomic E-state index is 0.0385. The molecule has 3 rings (SSSR count). The maximum absolute atomic E-state index is 12.8. The lowest BCUT2D eigenvalue weighted by Crippen LogP contribution is -2.22. The number of nitro groups is 1. The Hall–Kier alpha value is -3.48. The van der Waals surface area contributed by atoms with Crippen molar-refractivity contribution in [3.8, 4) is 0 Å². The molecule has 0 aliphatic carbocycles. The molecule has 1 aromatic heterocycles. The van der Waals surface area contributed by atoms with Gasteiger partial charge in [-0.05, 0) is 11.6 Å². The number of ether oxygens (including phenoxy) is 1. The monoisotopic (exact) mass is 339 g/mol. The summed E-state index contributed by atoms with van der Waals surface area (Å²) in [5.41, 5.74) is 0.0870. The molecular weight excluding hydrogens is 326 g/mol. The van der Waals surface area contributed by atoms with Crippen LogP contribution in [-0.2, 0) is 9.53 Å². The molecule has 0 aliphatic rings. The van der Waals surface area contributed by atoms with E-state index in [4.69, 9.17) is 9.15 Å². The van der Waals surface area contributed by atoms with Crippen LogP contribution in [-0.4, -0.2) is 18.0 Å². The highest BCUT2D eigenvalue weighted by Gasteiger charge is 2.28. The van der Waals surface area contributed by atoms with E-state index >= 15 is 0 Å². The van der Waals surface area contributed by atoms with Gasteiger partial charge in [0.2, 0.25) is 0 Å². The fourth-order valence-electron chi connectivity index (χ4n) is 2.65. The third-order valence-electron chi connectivity index (χ3n) is 3.87. The minimum Gasteiger partial charge on any atom is -0.468 e. The number of carbonyl (C=O) groups is 1. The van der Waals surface area contributed by atoms with E-state index in [9.17, 15) is 19.7 Å². The standard InChI is InChI=1S/C18H13NO6/c1-24-18(21)16(11-5-3-2-4-6-11)14-10-25-15-8-7-12(19(22)23)9-13(15)17(14)20/h2-10,16H,1H3. The molecule has 0 saturated carbocycles. The van der Waals surface area contributed by atoms with Crippen molar-refractivity contribution in [2.75, 3.05) is 7.11 Å². The molecule has 0 radical (unpaired) electrons. The number of hydrogen-bond donors (Lipinski definition) is 0. The summed E-state index contributed by atoms with van der Waals surface area (Å²) in [5, 5.41) is 11.0. The number of carbonyl (C=O) groups excluding carboxylic acids is 1. The zero-order chi connectivity index (χ0) is 18.0. The Morgan fingerprint density at radius 1 is 1.20 bits per heavy atom. The van der Waals surface area contributed by atoms with Crippen molar-refractivity contribution < 1.29 is 18.9 Å². The van der Waals surface area contributed by atoms with Crippen LogP contribution in [0.2, 0.25) is 0 Å². The van der Waals surface area contributed by atoms with E-state index in [1.165, 1.54) is 25.5 Å². The first-order chi connectivity index (χ1) is 12.0. The van der Waals surface area contributed by atoms with Gasteiger partial charge in [-0.25, -0.2) is 0 Å². The van der Waals surface area contributed by atoms with Gasteiger partial charge in [-0.2, -0.15) is 0 Å². The molecule has 126 valence electrons. The molecule has 0 bridgehead atoms. The van der Waals surface area contributed by atoms with Crippen LogP contribution in [0.15, 0.2) is 64.0 Å². The molecule has 0 aliphatic heterocycles. The lowest BCUT2D eigenvalue weighted by molar-refractivity contribution is -0.384. The first-order valence-corrected chi connectivity index (χ1v) is 7.35. The van der Waals surface area contributed by atoms with Crippen molar-refractivity contribution in [2.24, 2.45) is 0 Å². The first-order valence-electron chi connectivity index (χ1n) is 7.35. The normalized spacial score (nSPS) is 11.9. The predicted molar refractivity (Wildman–Crippen MR) is 89.4 cm³/mol. The highest BCUT2D eigenvalue weighted by atomic mass is 16.6. The van der Waals surface area contributed by atoms with Gasteiger partial charge in [-0.3, -0.25) is 19.7 Å². The van der Waals surface area contributed by atoms with E-state index in [1.807, 2.05) is 0 Å². The smallest absolute Gasteiger partial charge is 0.317 e. The Morgan fingerprint density at radius 2 is 1.92 bits per heavy atom. The number of nitro benzene ring substituents is 1. The second-order valence-corrected chi connectivity index (χ2v) is 5.32. The van der Waals surface area contributed by atoms with Crippen LogP contribution >= 0.6 is 0 Å². The molecular formula is C18H13NO6. The number of rotatable bonds is 4. The number of non-ortho nitro benzene ring substituents is 1. The molecule has 0 N–H and O–H groups in total. The Kier molecular flexibility index (Phi) is 4.30. The van der Waals surface area contributed by atoms with E-state index in [-0.39, 0.29) is 22.2 Å². The van der Waals surface area contributed by atoms with Crippen LogP contribution in [0.1, 0.15) is 17.0 Å². The number of methoxy groups -OCH3 is 1. The van der Waals surface area contributed by atoms with E-state index in [2.05, 4.69) is 0 Å². The van der Waals surface area contributed by atoms with Gasteiger partial charge in [0.1, 0.15) is 11.5 Å². The quantitative estimate of drug-likeness (QED) is 0.411. The Morgan fingerprint density at radius 3 is 2.56 bits per heavy atom. The van der Waals surface area contributed by atoms with Crippen LogP contribution in [0.5, 0.6) is 0 Å². The number of esters is 1. The molecule has 7 heteroatoms. The largest absolute Gasteiger partial charge is 0.468 e. The van der Waals surface area contributed by atoms with Crippen LogP contribution in [0.3, 0.4) is 0 Å². The molecule has 1 atom stereocenters. The summed E-state index contributed by atoms with van der Waals surface area (Å²) in [6.45, 7) is 0. The molecule has 0 saturated heterocycles. The topological polar surface area (TPSA) is 99.7 Å². The summed E-state index contributed by atoms with van der Waals surface area (Å²) >= 11 is 0. The van der Waals surface area contributed by atoms with Crippen LogP contribution in [0.4, 0.5) is 5.69 Å². The highest BCUT2D eigenvalue weighted by molar-refractivity contribution is 5.85. The van der Waals surface area contributed by atoms with Crippen molar-refractivity contribution in [3.05, 3.63) is 86.3 Å². The number of fused-ring (bicyclic) bond motifs is 1. The summed E-state index contributed by atoms with van der Waals surface area (Å²) < 4.78 is 10.2. The molecule has 1 unspecified atom stereocenters. The fourth-order valence-corrected chi connectivity index (χ4v) is 2.65. The lowest BCUT2D eigenvalue weighted by atomic mass is 9.91. The van der Waals surface area contributed by atoms with Crippen molar-refractivity contribution in [2.45, 2.75) is 5.92 Å². The zero-order valence-corrected chi connectivity index (χ0v) is 13.2. The molecule has 0 amide bonds. The average molecular weight is 339 g/mol. The second kappa shape index (κ2) is 6.56. The average Bonchev–Trinajstić information content (AvgIpc) is 2.64. The second-order valence-electron chi connectivity index (χ2n) is 5.32. The van der Waals surface area contributed by atoms with E-state index < -0.39 is 22.2 Å². The summed E-state index contributed by atoms with van der Waals surface area (Å²) in [4.78, 5) is 35.5. The van der Waals surface area contributed by atoms with Crippen LogP contribution < -0.4 is 5.43 Å². The zero-order valence-electron chi connectivity index (χ0n) is 13.2. The number of benzene rings is 2. The van der Waals surface area contributed by atoms with E-state index in [1.54, 1.807) is 30.3 Å². The molecule has 3 aromatic rings. The van der Waals surface area contributed by atoms with Gasteiger partial charge in [-0.15, -0.1) is 0 Å². The SMILES string of the molecule is COC(=O)C(c1ccccc1)c1coc2ccc([N+](=O)[O-])cc2c1=O.